The highest BCUT2D eigenvalue weighted by Gasteiger charge is 2.02. The lowest BCUT2D eigenvalue weighted by atomic mass is 10.1. The van der Waals surface area contributed by atoms with Crippen LogP contribution in [0.15, 0.2) is 36.5 Å². The lowest BCUT2D eigenvalue weighted by molar-refractivity contribution is 0.775. The Morgan fingerprint density at radius 2 is 2.20 bits per heavy atom. The molecule has 0 unspecified atom stereocenters. The zero-order chi connectivity index (χ0) is 10.7. The first-order chi connectivity index (χ1) is 7.31. The summed E-state index contributed by atoms with van der Waals surface area (Å²) in [5, 5.41) is 4.16. The third-order valence-electron chi connectivity index (χ3n) is 2.48. The minimum Gasteiger partial charge on any atom is -0.330 e. The summed E-state index contributed by atoms with van der Waals surface area (Å²) in [6.07, 6.45) is 2.73. The molecule has 1 heterocycles. The van der Waals surface area contributed by atoms with E-state index in [-0.39, 0.29) is 0 Å². The van der Waals surface area contributed by atoms with Crippen LogP contribution in [0.25, 0.3) is 11.3 Å². The van der Waals surface area contributed by atoms with Crippen LogP contribution in [0.4, 0.5) is 0 Å². The third-order valence-corrected chi connectivity index (χ3v) is 2.48. The number of nitrogens with zero attached hydrogens (tertiary/aromatic N) is 2. The molecule has 0 spiro atoms. The fourth-order valence-electron chi connectivity index (χ4n) is 1.71. The molecule has 0 saturated heterocycles. The molecule has 15 heavy (non-hydrogen) atoms. The first-order valence-electron chi connectivity index (χ1n) is 5.08. The maximum Gasteiger partial charge on any atom is 0.0678 e. The Bertz CT molecular complexity index is 446. The van der Waals surface area contributed by atoms with Crippen molar-refractivity contribution in [1.29, 1.82) is 0 Å². The molecule has 0 aliphatic carbocycles. The molecule has 2 aromatic rings. The quantitative estimate of drug-likeness (QED) is 0.819. The smallest absolute Gasteiger partial charge is 0.0678 e. The molecule has 0 amide bonds. The second-order valence-corrected chi connectivity index (χ2v) is 3.58. The summed E-state index contributed by atoms with van der Waals surface area (Å²) in [6, 6.07) is 10.4. The van der Waals surface area contributed by atoms with Crippen molar-refractivity contribution in [2.24, 2.45) is 12.8 Å². The molecule has 2 N–H and O–H groups in total. The van der Waals surface area contributed by atoms with E-state index in [0.717, 1.165) is 12.1 Å². The van der Waals surface area contributed by atoms with Gasteiger partial charge in [0.2, 0.25) is 0 Å². The lowest BCUT2D eigenvalue weighted by Gasteiger charge is -2.04. The summed E-state index contributed by atoms with van der Waals surface area (Å²) in [4.78, 5) is 0. The predicted octanol–water partition coefficient (Wildman–Crippen LogP) is 1.59. The Morgan fingerprint density at radius 3 is 2.87 bits per heavy atom. The topological polar surface area (TPSA) is 43.8 Å². The number of aryl methyl sites for hydroxylation is 1. The summed E-state index contributed by atoms with van der Waals surface area (Å²) in [6.45, 7) is 0.689. The molecule has 78 valence electrons. The number of nitrogens with two attached hydrogens (primary N) is 1. The van der Waals surface area contributed by atoms with E-state index in [9.17, 15) is 0 Å². The van der Waals surface area contributed by atoms with Crippen LogP contribution in [-0.4, -0.2) is 16.3 Å². The van der Waals surface area contributed by atoms with Gasteiger partial charge in [0, 0.05) is 18.8 Å². The van der Waals surface area contributed by atoms with E-state index in [1.807, 2.05) is 24.0 Å². The van der Waals surface area contributed by atoms with Gasteiger partial charge in [0.15, 0.2) is 0 Å². The molecule has 1 aromatic carbocycles. The van der Waals surface area contributed by atoms with Crippen LogP contribution >= 0.6 is 0 Å². The highest BCUT2D eigenvalue weighted by atomic mass is 15.2. The van der Waals surface area contributed by atoms with Crippen molar-refractivity contribution in [2.75, 3.05) is 6.54 Å². The Labute approximate surface area is 89.5 Å². The average molecular weight is 201 g/mol. The number of hydrogen-bond donors (Lipinski definition) is 1. The molecule has 0 aliphatic rings. The minimum atomic E-state index is 0.689. The molecule has 2 rings (SSSR count). The van der Waals surface area contributed by atoms with Gasteiger partial charge >= 0.3 is 0 Å². The van der Waals surface area contributed by atoms with Gasteiger partial charge < -0.3 is 5.73 Å². The van der Waals surface area contributed by atoms with E-state index < -0.39 is 0 Å². The van der Waals surface area contributed by atoms with E-state index >= 15 is 0 Å². The summed E-state index contributed by atoms with van der Waals surface area (Å²) >= 11 is 0. The summed E-state index contributed by atoms with van der Waals surface area (Å²) in [7, 11) is 1.95. The molecule has 1 aromatic heterocycles. The summed E-state index contributed by atoms with van der Waals surface area (Å²) in [5.41, 5.74) is 9.14. The zero-order valence-electron chi connectivity index (χ0n) is 8.85. The Morgan fingerprint density at radius 1 is 1.33 bits per heavy atom. The SMILES string of the molecule is Cn1nccc1-c1cccc(CCN)c1. The van der Waals surface area contributed by atoms with Crippen molar-refractivity contribution in [3.63, 3.8) is 0 Å². The van der Waals surface area contributed by atoms with Crippen LogP contribution < -0.4 is 5.73 Å². The second kappa shape index (κ2) is 4.28. The Hall–Kier alpha value is -1.61. The average Bonchev–Trinajstić information content (AvgIpc) is 2.65. The van der Waals surface area contributed by atoms with E-state index in [0.29, 0.717) is 6.54 Å². The van der Waals surface area contributed by atoms with E-state index in [2.05, 4.69) is 29.4 Å². The molecule has 3 nitrogen and oxygen atoms in total. The molecule has 0 saturated carbocycles. The number of aromatic nitrogens is 2. The highest BCUT2D eigenvalue weighted by Crippen LogP contribution is 2.19. The first-order valence-corrected chi connectivity index (χ1v) is 5.08. The highest BCUT2D eigenvalue weighted by molar-refractivity contribution is 5.60. The normalized spacial score (nSPS) is 10.5. The van der Waals surface area contributed by atoms with Crippen LogP contribution in [0.1, 0.15) is 5.56 Å². The van der Waals surface area contributed by atoms with Crippen molar-refractivity contribution < 1.29 is 0 Å². The van der Waals surface area contributed by atoms with Crippen molar-refractivity contribution in [3.05, 3.63) is 42.1 Å². The summed E-state index contributed by atoms with van der Waals surface area (Å²) in [5.74, 6) is 0. The van der Waals surface area contributed by atoms with Gasteiger partial charge in [-0.05, 0) is 30.7 Å². The molecule has 0 aliphatic heterocycles. The lowest BCUT2D eigenvalue weighted by Crippen LogP contribution is -2.02. The monoisotopic (exact) mass is 201 g/mol. The second-order valence-electron chi connectivity index (χ2n) is 3.58. The summed E-state index contributed by atoms with van der Waals surface area (Å²) < 4.78 is 1.88. The van der Waals surface area contributed by atoms with Crippen LogP contribution in [0, 0.1) is 0 Å². The van der Waals surface area contributed by atoms with Gasteiger partial charge in [0.25, 0.3) is 0 Å². The van der Waals surface area contributed by atoms with Crippen LogP contribution in [0.2, 0.25) is 0 Å². The van der Waals surface area contributed by atoms with Gasteiger partial charge in [0.1, 0.15) is 0 Å². The van der Waals surface area contributed by atoms with Gasteiger partial charge in [-0.15, -0.1) is 0 Å². The van der Waals surface area contributed by atoms with E-state index in [4.69, 9.17) is 5.73 Å². The fourth-order valence-corrected chi connectivity index (χ4v) is 1.71. The van der Waals surface area contributed by atoms with Crippen molar-refractivity contribution in [3.8, 4) is 11.3 Å². The van der Waals surface area contributed by atoms with Gasteiger partial charge in [-0.3, -0.25) is 4.68 Å². The number of rotatable bonds is 3. The van der Waals surface area contributed by atoms with E-state index in [1.165, 1.54) is 11.1 Å². The predicted molar refractivity (Wildman–Crippen MR) is 61.4 cm³/mol. The van der Waals surface area contributed by atoms with Gasteiger partial charge in [-0.1, -0.05) is 18.2 Å². The fraction of sp³-hybridized carbons (Fsp3) is 0.250. The van der Waals surface area contributed by atoms with Crippen molar-refractivity contribution in [2.45, 2.75) is 6.42 Å². The molecular weight excluding hydrogens is 186 g/mol. The van der Waals surface area contributed by atoms with Crippen LogP contribution in [-0.2, 0) is 13.5 Å². The molecular formula is C12H15N3. The van der Waals surface area contributed by atoms with Crippen LogP contribution in [0.3, 0.4) is 0 Å². The standard InChI is InChI=1S/C12H15N3/c1-15-12(6-8-14-15)11-4-2-3-10(9-11)5-7-13/h2-4,6,8-9H,5,7,13H2,1H3. The molecule has 0 radical (unpaired) electrons. The zero-order valence-corrected chi connectivity index (χ0v) is 8.85. The molecule has 0 fully saturated rings. The largest absolute Gasteiger partial charge is 0.330 e. The Balaban J connectivity index is 2.37. The molecule has 3 heteroatoms. The number of hydrogen-bond acceptors (Lipinski definition) is 2. The third kappa shape index (κ3) is 2.07. The number of benzene rings is 1. The minimum absolute atomic E-state index is 0.689. The first kappa shape index (κ1) is 9.93. The van der Waals surface area contributed by atoms with Crippen molar-refractivity contribution in [1.82, 2.24) is 9.78 Å². The van der Waals surface area contributed by atoms with E-state index in [1.54, 1.807) is 0 Å². The van der Waals surface area contributed by atoms with Gasteiger partial charge in [0.05, 0.1) is 5.69 Å². The van der Waals surface area contributed by atoms with Gasteiger partial charge in [-0.2, -0.15) is 5.10 Å². The maximum atomic E-state index is 5.54. The molecule has 0 atom stereocenters. The molecule has 0 bridgehead atoms. The Kier molecular flexibility index (Phi) is 2.83. The maximum absolute atomic E-state index is 5.54. The van der Waals surface area contributed by atoms with Crippen molar-refractivity contribution >= 4 is 0 Å². The van der Waals surface area contributed by atoms with Crippen LogP contribution in [0.5, 0.6) is 0 Å². The van der Waals surface area contributed by atoms with Gasteiger partial charge in [-0.25, -0.2) is 0 Å².